The number of hydrogen-bond acceptors (Lipinski definition) is 17. The number of allylic oxidation sites excluding steroid dienone is 1. The van der Waals surface area contributed by atoms with Gasteiger partial charge in [0, 0.05) is 25.7 Å². The van der Waals surface area contributed by atoms with E-state index in [0.717, 1.165) is 22.3 Å². The molecule has 17 nitrogen and oxygen atoms in total. The average Bonchev–Trinajstić information content (AvgIpc) is 1.21. The zero-order valence-corrected chi connectivity index (χ0v) is 49.9. The van der Waals surface area contributed by atoms with Gasteiger partial charge in [0.2, 0.25) is 22.4 Å². The number of hydrogen-bond donors (Lipinski definition) is 0. The van der Waals surface area contributed by atoms with Crippen LogP contribution in [0, 0.1) is 5.41 Å². The minimum absolute atomic E-state index is 0. The molecule has 0 N–H and O–H groups in total. The van der Waals surface area contributed by atoms with Crippen LogP contribution in [-0.4, -0.2) is 75.8 Å². The van der Waals surface area contributed by atoms with Gasteiger partial charge in [-0.2, -0.15) is 0 Å². The van der Waals surface area contributed by atoms with Gasteiger partial charge in [0.1, 0.15) is 26.4 Å². The third-order valence-corrected chi connectivity index (χ3v) is 13.8. The number of benzene rings is 5. The van der Waals surface area contributed by atoms with Gasteiger partial charge in [0.05, 0.1) is 37.9 Å². The quantitative estimate of drug-likeness (QED) is 0.0318. The SMILES string of the molecule is C.C.C.C.C=CC(C)(C)OCc1ccccc1.C=CC[C@]1(C(=O)OCc2ccccc2)CC(=O)O1.CC(C)(C)/C=C/C[C@]1(C(=O)OCc2ccccc2)CC(=O)O1.O=C1C[C@](C/C=C/C[C@]2(C(=O)OCc3ccccc3)CC(=O)O2)(C(=O)OCc2ccccc2)O1. The largest absolute Gasteiger partial charge is 0.458 e. The van der Waals surface area contributed by atoms with Crippen molar-refractivity contribution in [3.05, 3.63) is 229 Å². The summed E-state index contributed by atoms with van der Waals surface area (Å²) >= 11 is 0. The van der Waals surface area contributed by atoms with E-state index in [9.17, 15) is 38.4 Å². The summed E-state index contributed by atoms with van der Waals surface area (Å²) in [5, 5.41) is 0. The van der Waals surface area contributed by atoms with Crippen molar-refractivity contribution in [3.63, 3.8) is 0 Å². The van der Waals surface area contributed by atoms with Gasteiger partial charge in [-0.3, -0.25) is 19.2 Å². The third kappa shape index (κ3) is 23.9. The molecule has 9 rings (SSSR count). The molecule has 0 spiro atoms. The molecule has 91 heavy (non-hydrogen) atoms. The zero-order chi connectivity index (χ0) is 63.0. The van der Waals surface area contributed by atoms with Crippen molar-refractivity contribution in [3.8, 4) is 0 Å². The minimum atomic E-state index is -1.39. The van der Waals surface area contributed by atoms with Crippen LogP contribution in [0.5, 0.6) is 0 Å². The van der Waals surface area contributed by atoms with Gasteiger partial charge in [-0.25, -0.2) is 19.2 Å². The van der Waals surface area contributed by atoms with Crippen LogP contribution in [0.15, 0.2) is 201 Å². The molecule has 4 saturated heterocycles. The van der Waals surface area contributed by atoms with E-state index in [1.165, 1.54) is 5.56 Å². The van der Waals surface area contributed by atoms with Gasteiger partial charge in [-0.05, 0) is 47.1 Å². The van der Waals surface area contributed by atoms with E-state index in [4.69, 9.17) is 42.6 Å². The number of carbonyl (C=O) groups excluding carboxylic acids is 8. The van der Waals surface area contributed by atoms with Crippen LogP contribution in [0.1, 0.15) is 144 Å². The van der Waals surface area contributed by atoms with E-state index >= 15 is 0 Å². The smallest absolute Gasteiger partial charge is 0.351 e. The highest BCUT2D eigenvalue weighted by Crippen LogP contribution is 2.38. The van der Waals surface area contributed by atoms with E-state index in [0.29, 0.717) is 13.0 Å². The van der Waals surface area contributed by atoms with Gasteiger partial charge in [-0.1, -0.05) is 239 Å². The van der Waals surface area contributed by atoms with Crippen LogP contribution in [0.4, 0.5) is 0 Å². The monoisotopic (exact) mass is 1250 g/mol. The summed E-state index contributed by atoms with van der Waals surface area (Å²) in [5.74, 6) is -3.96. The summed E-state index contributed by atoms with van der Waals surface area (Å²) in [6, 6.07) is 47.2. The Hall–Kier alpha value is -9.22. The van der Waals surface area contributed by atoms with Gasteiger partial charge in [-0.15, -0.1) is 13.2 Å². The fourth-order valence-electron chi connectivity index (χ4n) is 8.72. The lowest BCUT2D eigenvalue weighted by Gasteiger charge is -2.38. The second kappa shape index (κ2) is 36.4. The highest BCUT2D eigenvalue weighted by Gasteiger charge is 2.56. The Bertz CT molecular complexity index is 3080. The highest BCUT2D eigenvalue weighted by atomic mass is 16.6. The van der Waals surface area contributed by atoms with E-state index in [1.54, 1.807) is 18.2 Å². The van der Waals surface area contributed by atoms with E-state index in [2.05, 4.69) is 46.1 Å². The Morgan fingerprint density at radius 1 is 0.396 bits per heavy atom. The van der Waals surface area contributed by atoms with Crippen molar-refractivity contribution in [2.45, 2.75) is 177 Å². The van der Waals surface area contributed by atoms with Gasteiger partial charge >= 0.3 is 47.8 Å². The molecular formula is C74H92O17. The Morgan fingerprint density at radius 3 is 0.846 bits per heavy atom. The normalized spacial score (nSPS) is 19.7. The fraction of sp³-hybridized carbons (Fsp3) is 0.378. The Labute approximate surface area is 537 Å². The van der Waals surface area contributed by atoms with Gasteiger partial charge < -0.3 is 42.6 Å². The highest BCUT2D eigenvalue weighted by molar-refractivity contribution is 5.96. The zero-order valence-electron chi connectivity index (χ0n) is 49.9. The molecular weight excluding hydrogens is 1160 g/mol. The lowest BCUT2D eigenvalue weighted by molar-refractivity contribution is -0.208. The van der Waals surface area contributed by atoms with Crippen LogP contribution < -0.4 is 0 Å². The molecule has 0 saturated carbocycles. The molecule has 490 valence electrons. The summed E-state index contributed by atoms with van der Waals surface area (Å²) in [6.45, 7) is 18.6. The molecule has 0 radical (unpaired) electrons. The van der Waals surface area contributed by atoms with Crippen LogP contribution >= 0.6 is 0 Å². The van der Waals surface area contributed by atoms with Crippen LogP contribution in [-0.2, 0) is 114 Å². The first-order valence-electron chi connectivity index (χ1n) is 28.5. The molecule has 5 aromatic rings. The van der Waals surface area contributed by atoms with Crippen LogP contribution in [0.2, 0.25) is 0 Å². The molecule has 0 bridgehead atoms. The molecule has 4 heterocycles. The molecule has 17 heteroatoms. The summed E-state index contributed by atoms with van der Waals surface area (Å²) in [5.41, 5.74) is -0.673. The van der Waals surface area contributed by atoms with Crippen molar-refractivity contribution in [1.29, 1.82) is 0 Å². The van der Waals surface area contributed by atoms with Crippen molar-refractivity contribution >= 4 is 47.8 Å². The summed E-state index contributed by atoms with van der Waals surface area (Å²) in [4.78, 5) is 94.5. The number of cyclic esters (lactones) is 4. The van der Waals surface area contributed by atoms with Crippen molar-refractivity contribution in [2.75, 3.05) is 0 Å². The van der Waals surface area contributed by atoms with Crippen molar-refractivity contribution < 1.29 is 81.0 Å². The van der Waals surface area contributed by atoms with E-state index in [1.807, 2.05) is 172 Å². The fourth-order valence-corrected chi connectivity index (χ4v) is 8.72. The first-order valence-corrected chi connectivity index (χ1v) is 28.5. The second-order valence-electron chi connectivity index (χ2n) is 22.8. The number of esters is 8. The number of ether oxygens (including phenoxy) is 9. The maximum Gasteiger partial charge on any atom is 0.351 e. The lowest BCUT2D eigenvalue weighted by Crippen LogP contribution is -2.55. The molecule has 4 aliphatic heterocycles. The first-order chi connectivity index (χ1) is 41.5. The van der Waals surface area contributed by atoms with Crippen molar-refractivity contribution in [1.82, 2.24) is 0 Å². The van der Waals surface area contributed by atoms with E-state index in [-0.39, 0.29) is 124 Å². The molecule has 5 aromatic carbocycles. The van der Waals surface area contributed by atoms with Crippen molar-refractivity contribution in [2.24, 2.45) is 5.41 Å². The first kappa shape index (κ1) is 77.9. The van der Waals surface area contributed by atoms with E-state index < -0.39 is 58.2 Å². The molecule has 4 fully saturated rings. The lowest BCUT2D eigenvalue weighted by atomic mass is 9.87. The molecule has 4 atom stereocenters. The van der Waals surface area contributed by atoms with Gasteiger partial charge in [0.15, 0.2) is 0 Å². The third-order valence-electron chi connectivity index (χ3n) is 13.8. The maximum atomic E-state index is 12.6. The second-order valence-corrected chi connectivity index (χ2v) is 22.8. The van der Waals surface area contributed by atoms with Crippen LogP contribution in [0.3, 0.4) is 0 Å². The predicted octanol–water partition coefficient (Wildman–Crippen LogP) is 14.3. The standard InChI is InChI=1S/C26H24O8.C18H22O4.C14H14O4.C12H16O.4CH4/c27-21-15-25(33-21,23(29)31-17-19-9-3-1-4-10-19)13-7-8-14-26(16-22(28)34-26)24(30)32-18-20-11-5-2-6-12-20;1-17(2,3)10-7-11-18(12-15(19)22-18)16(20)21-13-14-8-5-4-6-9-14;1-2-8-14(9-12(15)18-14)13(16)17-10-11-6-4-3-5-7-11;1-4-12(2,3)13-10-11-8-6-5-7-9-11;;;;/h1-12H,13-18H2;4-10H,11-13H2,1-3H3;2-7H,1,8-10H2;4-9H,1,10H2,2-3H3;4*1H4/b8-7+;10-7+;;;;;;/t25-,26-;18-;14-;;;;;/m111...../s1. The predicted molar refractivity (Wildman–Crippen MR) is 348 cm³/mol. The summed E-state index contributed by atoms with van der Waals surface area (Å²) in [7, 11) is 0. The number of carbonyl (C=O) groups is 8. The topological polar surface area (TPSA) is 220 Å². The maximum absolute atomic E-state index is 12.6. The molecule has 4 aliphatic rings. The average molecular weight is 1250 g/mol. The van der Waals surface area contributed by atoms with Gasteiger partial charge in [0.25, 0.3) is 0 Å². The Balaban J connectivity index is 0.000000432. The molecule has 0 amide bonds. The molecule has 0 aliphatic carbocycles. The van der Waals surface area contributed by atoms with Crippen LogP contribution in [0.25, 0.3) is 0 Å². The molecule has 0 unspecified atom stereocenters. The minimum Gasteiger partial charge on any atom is -0.458 e. The Morgan fingerprint density at radius 2 is 0.626 bits per heavy atom. The summed E-state index contributed by atoms with van der Waals surface area (Å²) < 4.78 is 47.2. The molecule has 0 aromatic heterocycles. The summed E-state index contributed by atoms with van der Waals surface area (Å²) in [6.07, 6.45) is 11.2. The number of rotatable bonds is 24. The Kier molecular flexibility index (Phi) is 31.2.